The molecule has 0 spiro atoms. The van der Waals surface area contributed by atoms with Crippen molar-refractivity contribution in [2.45, 2.75) is 0 Å². The van der Waals surface area contributed by atoms with Gasteiger partial charge in [-0.25, -0.2) is 0 Å². The SMILES string of the molecule is FI(I)I(I)I(I)I(I)I(I)I(I)I. The Bertz CT molecular complexity index is 133. The van der Waals surface area contributed by atoms with E-state index in [9.17, 15) is 2.86 Å². The number of halogens is 14. The summed E-state index contributed by atoms with van der Waals surface area (Å²) in [6.45, 7) is 0. The third-order valence-electron chi connectivity index (χ3n) is 0.408. The van der Waals surface area contributed by atoms with Crippen LogP contribution < -0.4 is 0 Å². The molecule has 14 heteroatoms. The van der Waals surface area contributed by atoms with Crippen LogP contribution in [0, 0.1) is 0 Å². The van der Waals surface area contributed by atoms with E-state index >= 15 is 0 Å². The third-order valence-corrected chi connectivity index (χ3v) is 756. The van der Waals surface area contributed by atoms with Crippen molar-refractivity contribution in [2.75, 3.05) is 0 Å². The van der Waals surface area contributed by atoms with E-state index in [0.29, 0.717) is 0 Å². The van der Waals surface area contributed by atoms with Gasteiger partial charge in [0.1, 0.15) is 0 Å². The Morgan fingerprint density at radius 3 is 1.21 bits per heavy atom. The molecule has 0 unspecified atom stereocenters. The zero-order valence-corrected chi connectivity index (χ0v) is 33.3. The summed E-state index contributed by atoms with van der Waals surface area (Å²) in [5.74, 6) is 0. The van der Waals surface area contributed by atoms with Gasteiger partial charge in [-0.1, -0.05) is 0 Å². The molecule has 0 amide bonds. The average Bonchev–Trinajstić information content (AvgIpc) is 2.12. The summed E-state index contributed by atoms with van der Waals surface area (Å²) in [5, 5.41) is 0. The molecule has 0 nitrogen and oxygen atoms in total. The molecule has 0 saturated heterocycles. The first-order valence-corrected chi connectivity index (χ1v) is 78.1. The summed E-state index contributed by atoms with van der Waals surface area (Å²) in [4.78, 5) is 0. The van der Waals surface area contributed by atoms with E-state index in [-0.39, 0.29) is 0 Å². The van der Waals surface area contributed by atoms with E-state index in [4.69, 9.17) is 0 Å². The standard InChI is InChI=1S/FI13/c1-9(2)11(5)13(7)14(8)12(6)10(3)4. The molecule has 98 valence electrons. The molecule has 0 aliphatic rings. The Hall–Kier alpha value is 9.42. The van der Waals surface area contributed by atoms with E-state index < -0.39 is 51.9 Å². The summed E-state index contributed by atoms with van der Waals surface area (Å²) in [7, 11) is -3.30. The summed E-state index contributed by atoms with van der Waals surface area (Å²) in [5.41, 5.74) is 0. The molecule has 14 heavy (non-hydrogen) atoms. The molecule has 0 aromatic heterocycles. The predicted molar refractivity (Wildman–Crippen MR) is 183 cm³/mol. The summed E-state index contributed by atoms with van der Waals surface area (Å²) < 4.78 is 13.5. The minimum atomic E-state index is -1.87. The van der Waals surface area contributed by atoms with E-state index in [0.717, 1.165) is 0 Å². The van der Waals surface area contributed by atoms with Gasteiger partial charge in [0.25, 0.3) is 0 Å². The molecule has 0 bridgehead atoms. The maximum atomic E-state index is 13.5. The molecule has 0 radical (unpaired) electrons. The molecule has 0 rings (SSSR count). The zero-order valence-electron chi connectivity index (χ0n) is 5.29. The normalized spacial score (nSPS) is 17.1. The molecular formula is FI13. The number of rotatable bonds is 5. The van der Waals surface area contributed by atoms with Gasteiger partial charge in [-0.2, -0.15) is 0 Å². The molecule has 0 N–H and O–H groups in total. The number of hydrogen-bond donors (Lipinski definition) is 0. The van der Waals surface area contributed by atoms with Gasteiger partial charge in [-0.15, -0.1) is 0 Å². The molecule has 0 aromatic carbocycles. The van der Waals surface area contributed by atoms with Crippen LogP contribution >= 0.6 is 182 Å². The van der Waals surface area contributed by atoms with Gasteiger partial charge in [0.05, 0.1) is 0 Å². The van der Waals surface area contributed by atoms with E-state index in [1.807, 2.05) is 0 Å². The van der Waals surface area contributed by atoms with Gasteiger partial charge in [-0.05, 0) is 0 Å². The van der Waals surface area contributed by atoms with Gasteiger partial charge in [0.2, 0.25) is 0 Å². The van der Waals surface area contributed by atoms with Crippen LogP contribution in [-0.4, -0.2) is 0 Å². The van der Waals surface area contributed by atoms with Gasteiger partial charge < -0.3 is 0 Å². The van der Waals surface area contributed by atoms with Crippen LogP contribution in [0.4, 0.5) is 2.86 Å². The van der Waals surface area contributed by atoms with Crippen LogP contribution in [-0.2, 0) is 0 Å². The second-order valence-electron chi connectivity index (χ2n) is 0.972. The van der Waals surface area contributed by atoms with Crippen LogP contribution in [0.3, 0.4) is 0 Å². The van der Waals surface area contributed by atoms with Crippen LogP contribution in [0.5, 0.6) is 0 Å². The van der Waals surface area contributed by atoms with E-state index in [1.165, 1.54) is 0 Å². The topological polar surface area (TPSA) is 0 Å². The fourth-order valence-electron chi connectivity index (χ4n) is 0.123. The van der Waals surface area contributed by atoms with Crippen molar-refractivity contribution in [3.8, 4) is 0 Å². The van der Waals surface area contributed by atoms with Crippen molar-refractivity contribution in [1.29, 1.82) is 0 Å². The Morgan fingerprint density at radius 1 is 0.571 bits per heavy atom. The first kappa shape index (κ1) is 23.4. The predicted octanol–water partition coefficient (Wildman–Crippen LogP) is 11.9. The van der Waals surface area contributed by atoms with Gasteiger partial charge in [0.15, 0.2) is 0 Å². The summed E-state index contributed by atoms with van der Waals surface area (Å²) in [6, 6.07) is 0. The fourth-order valence-corrected chi connectivity index (χ4v) is 1500. The van der Waals surface area contributed by atoms with Crippen LogP contribution in [0.2, 0.25) is 0 Å². The third kappa shape index (κ3) is 10.3. The van der Waals surface area contributed by atoms with Crippen molar-refractivity contribution in [3.05, 3.63) is 0 Å². The van der Waals surface area contributed by atoms with Crippen molar-refractivity contribution in [3.63, 3.8) is 0 Å². The zero-order chi connectivity index (χ0) is 11.5. The van der Waals surface area contributed by atoms with E-state index in [2.05, 4.69) is 130 Å². The van der Waals surface area contributed by atoms with Crippen molar-refractivity contribution < 1.29 is 2.86 Å². The van der Waals surface area contributed by atoms with Crippen molar-refractivity contribution in [2.24, 2.45) is 0 Å². The maximum absolute atomic E-state index is 13.5. The molecule has 0 fully saturated rings. The molecule has 0 atom stereocenters. The van der Waals surface area contributed by atoms with Crippen LogP contribution in [0.15, 0.2) is 0 Å². The Morgan fingerprint density at radius 2 is 0.929 bits per heavy atom. The average molecular weight is 1670 g/mol. The molecule has 0 saturated carbocycles. The molecule has 0 aliphatic heterocycles. The van der Waals surface area contributed by atoms with Crippen LogP contribution in [0.1, 0.15) is 0 Å². The van der Waals surface area contributed by atoms with Crippen molar-refractivity contribution >= 4 is 182 Å². The van der Waals surface area contributed by atoms with Gasteiger partial charge in [-0.3, -0.25) is 0 Å². The molecule has 0 aliphatic carbocycles. The first-order chi connectivity index (χ1) is 6.29. The minimum absolute atomic E-state index is 0.504. The molecule has 0 heterocycles. The first-order valence-electron chi connectivity index (χ1n) is 1.86. The Labute approximate surface area is 176 Å². The van der Waals surface area contributed by atoms with Crippen LogP contribution in [0.25, 0.3) is 0 Å². The second-order valence-corrected chi connectivity index (χ2v) is 266. The monoisotopic (exact) mass is 1670 g/mol. The Balaban J connectivity index is 4.30. The second kappa shape index (κ2) is 13.7. The quantitative estimate of drug-likeness (QED) is 0.241. The fraction of sp³-hybridized carbons (Fsp3) is 0. The molecule has 0 aromatic rings. The Kier molecular flexibility index (Phi) is 22.9. The van der Waals surface area contributed by atoms with Gasteiger partial charge in [0, 0.05) is 0 Å². The molecular weight excluding hydrogens is 1670 g/mol. The number of hydrogen-bond acceptors (Lipinski definition) is 0. The van der Waals surface area contributed by atoms with Crippen molar-refractivity contribution in [1.82, 2.24) is 0 Å². The summed E-state index contributed by atoms with van der Waals surface area (Å²) in [6.07, 6.45) is 0. The van der Waals surface area contributed by atoms with E-state index in [1.54, 1.807) is 0 Å². The summed E-state index contributed by atoms with van der Waals surface area (Å²) >= 11 is 16.9. The van der Waals surface area contributed by atoms with Gasteiger partial charge >= 0.3 is 185 Å².